The Balaban J connectivity index is 1.11. The standard InChI is InChI=1S/C44H27NO/c1-3-8-28(9-4-1)29-16-21-34(22-17-29)45(33-11-5-2-6-12-33)35-23-18-30(19-24-35)36-25-26-38-37-13-7-10-31-14-15-32-20-27-39-43(41(32)40(31)37)42(38)44(36)46-39/h1-27H. The van der Waals surface area contributed by atoms with Crippen LogP contribution in [-0.4, -0.2) is 0 Å². The van der Waals surface area contributed by atoms with Crippen LogP contribution in [-0.2, 0) is 0 Å². The summed E-state index contributed by atoms with van der Waals surface area (Å²) in [6, 6.07) is 58.7. The second-order valence-electron chi connectivity index (χ2n) is 12.1. The lowest BCUT2D eigenvalue weighted by molar-refractivity contribution is 0.670. The number of furan rings is 1. The van der Waals surface area contributed by atoms with Gasteiger partial charge in [-0.25, -0.2) is 0 Å². The van der Waals surface area contributed by atoms with Crippen LogP contribution in [0.5, 0.6) is 0 Å². The van der Waals surface area contributed by atoms with Gasteiger partial charge in [-0.1, -0.05) is 115 Å². The molecule has 0 saturated carbocycles. The molecule has 46 heavy (non-hydrogen) atoms. The second-order valence-corrected chi connectivity index (χ2v) is 12.1. The van der Waals surface area contributed by atoms with Crippen LogP contribution in [0, 0.1) is 0 Å². The quantitative estimate of drug-likeness (QED) is 0.148. The van der Waals surface area contributed by atoms with Gasteiger partial charge in [-0.15, -0.1) is 0 Å². The fourth-order valence-electron chi connectivity index (χ4n) is 7.48. The van der Waals surface area contributed by atoms with Gasteiger partial charge in [-0.05, 0) is 92.2 Å². The van der Waals surface area contributed by atoms with E-state index in [-0.39, 0.29) is 0 Å². The highest BCUT2D eigenvalue weighted by atomic mass is 16.3. The van der Waals surface area contributed by atoms with Gasteiger partial charge in [-0.2, -0.15) is 0 Å². The van der Waals surface area contributed by atoms with Gasteiger partial charge in [0.05, 0.1) is 0 Å². The summed E-state index contributed by atoms with van der Waals surface area (Å²) in [6.07, 6.45) is 0. The molecule has 0 atom stereocenters. The third-order valence-electron chi connectivity index (χ3n) is 9.58. The SMILES string of the molecule is c1ccc(-c2ccc(N(c3ccccc3)c3ccc(-c4ccc5c6cccc7ccc8ccc9oc4c5c9c8c76)cc3)cc2)cc1. The van der Waals surface area contributed by atoms with Crippen molar-refractivity contribution in [3.63, 3.8) is 0 Å². The van der Waals surface area contributed by atoms with Crippen molar-refractivity contribution in [3.8, 4) is 22.3 Å². The highest BCUT2D eigenvalue weighted by Crippen LogP contribution is 2.48. The fourth-order valence-corrected chi connectivity index (χ4v) is 7.48. The Hall–Kier alpha value is -6.12. The first-order valence-electron chi connectivity index (χ1n) is 15.8. The van der Waals surface area contributed by atoms with E-state index in [0.717, 1.165) is 39.4 Å². The molecule has 214 valence electrons. The van der Waals surface area contributed by atoms with E-state index in [9.17, 15) is 0 Å². The number of hydrogen-bond acceptors (Lipinski definition) is 2. The van der Waals surface area contributed by atoms with E-state index < -0.39 is 0 Å². The third kappa shape index (κ3) is 3.65. The van der Waals surface area contributed by atoms with Gasteiger partial charge in [-0.3, -0.25) is 0 Å². The summed E-state index contributed by atoms with van der Waals surface area (Å²) in [5.74, 6) is 0. The number of rotatable bonds is 5. The molecule has 9 aromatic carbocycles. The normalized spacial score (nSPS) is 11.9. The molecule has 0 N–H and O–H groups in total. The molecule has 0 fully saturated rings. The van der Waals surface area contributed by atoms with Gasteiger partial charge in [0, 0.05) is 38.8 Å². The van der Waals surface area contributed by atoms with E-state index in [4.69, 9.17) is 4.42 Å². The highest BCUT2D eigenvalue weighted by Gasteiger charge is 2.22. The van der Waals surface area contributed by atoms with Crippen LogP contribution in [0.3, 0.4) is 0 Å². The smallest absolute Gasteiger partial charge is 0.143 e. The van der Waals surface area contributed by atoms with Gasteiger partial charge in [0.25, 0.3) is 0 Å². The van der Waals surface area contributed by atoms with Crippen LogP contribution in [0.2, 0.25) is 0 Å². The minimum Gasteiger partial charge on any atom is -0.455 e. The third-order valence-corrected chi connectivity index (χ3v) is 9.58. The first-order chi connectivity index (χ1) is 22.8. The molecule has 1 aromatic heterocycles. The molecule has 0 radical (unpaired) electrons. The molecule has 0 unspecified atom stereocenters. The number of benzene rings is 9. The molecule has 10 aromatic rings. The predicted octanol–water partition coefficient (Wildman–Crippen LogP) is 12.7. The molecular formula is C44H27NO. The molecule has 0 spiro atoms. The summed E-state index contributed by atoms with van der Waals surface area (Å²) >= 11 is 0. The minimum absolute atomic E-state index is 0.948. The van der Waals surface area contributed by atoms with Crippen LogP contribution in [0.25, 0.3) is 76.5 Å². The molecule has 0 bridgehead atoms. The highest BCUT2D eigenvalue weighted by molar-refractivity contribution is 6.40. The Morgan fingerprint density at radius 2 is 0.935 bits per heavy atom. The predicted molar refractivity (Wildman–Crippen MR) is 194 cm³/mol. The summed E-state index contributed by atoms with van der Waals surface area (Å²) in [7, 11) is 0. The Morgan fingerprint density at radius 3 is 1.67 bits per heavy atom. The van der Waals surface area contributed by atoms with Crippen molar-refractivity contribution in [1.82, 2.24) is 0 Å². The molecule has 2 heteroatoms. The van der Waals surface area contributed by atoms with Crippen molar-refractivity contribution in [2.45, 2.75) is 0 Å². The number of anilines is 3. The fraction of sp³-hybridized carbons (Fsp3) is 0. The summed E-state index contributed by atoms with van der Waals surface area (Å²) < 4.78 is 6.72. The molecule has 1 heterocycles. The van der Waals surface area contributed by atoms with Crippen molar-refractivity contribution < 1.29 is 4.42 Å². The molecule has 0 saturated heterocycles. The monoisotopic (exact) mass is 585 g/mol. The Morgan fingerprint density at radius 1 is 0.348 bits per heavy atom. The van der Waals surface area contributed by atoms with Crippen molar-refractivity contribution in [3.05, 3.63) is 164 Å². The number of hydrogen-bond donors (Lipinski definition) is 0. The van der Waals surface area contributed by atoms with Crippen LogP contribution >= 0.6 is 0 Å². The Bertz CT molecular complexity index is 2650. The van der Waals surface area contributed by atoms with Gasteiger partial charge < -0.3 is 9.32 Å². The van der Waals surface area contributed by atoms with E-state index in [1.54, 1.807) is 0 Å². The van der Waals surface area contributed by atoms with Gasteiger partial charge in [0.15, 0.2) is 0 Å². The second kappa shape index (κ2) is 9.69. The zero-order valence-corrected chi connectivity index (χ0v) is 24.9. The topological polar surface area (TPSA) is 16.4 Å². The largest absolute Gasteiger partial charge is 0.455 e. The molecular weight excluding hydrogens is 558 g/mol. The molecule has 0 aliphatic carbocycles. The van der Waals surface area contributed by atoms with E-state index in [1.807, 2.05) is 0 Å². The molecule has 10 rings (SSSR count). The summed E-state index contributed by atoms with van der Waals surface area (Å²) in [5, 5.41) is 10.2. The number of nitrogens with zero attached hydrogens (tertiary/aromatic N) is 1. The van der Waals surface area contributed by atoms with Crippen LogP contribution in [0.15, 0.2) is 168 Å². The minimum atomic E-state index is 0.948. The van der Waals surface area contributed by atoms with E-state index in [0.29, 0.717) is 0 Å². The molecule has 2 nitrogen and oxygen atoms in total. The zero-order valence-electron chi connectivity index (χ0n) is 24.9. The lowest BCUT2D eigenvalue weighted by Crippen LogP contribution is -2.09. The first-order valence-corrected chi connectivity index (χ1v) is 15.8. The van der Waals surface area contributed by atoms with Crippen molar-refractivity contribution in [1.29, 1.82) is 0 Å². The summed E-state index contributed by atoms with van der Waals surface area (Å²) in [4.78, 5) is 2.31. The van der Waals surface area contributed by atoms with Crippen molar-refractivity contribution in [2.75, 3.05) is 4.90 Å². The first kappa shape index (κ1) is 25.2. The van der Waals surface area contributed by atoms with Gasteiger partial charge >= 0.3 is 0 Å². The summed E-state index contributed by atoms with van der Waals surface area (Å²) in [5.41, 5.74) is 9.90. The number of para-hydroxylation sites is 1. The Labute approximate surface area is 266 Å². The van der Waals surface area contributed by atoms with Crippen LogP contribution in [0.1, 0.15) is 0 Å². The zero-order chi connectivity index (χ0) is 30.2. The van der Waals surface area contributed by atoms with Crippen LogP contribution < -0.4 is 4.90 Å². The van der Waals surface area contributed by atoms with E-state index in [2.05, 4.69) is 169 Å². The van der Waals surface area contributed by atoms with Crippen molar-refractivity contribution in [2.24, 2.45) is 0 Å². The van der Waals surface area contributed by atoms with Gasteiger partial charge in [0.1, 0.15) is 11.2 Å². The number of fused-ring (bicyclic) bond motifs is 1. The average molecular weight is 586 g/mol. The molecule has 0 amide bonds. The molecule has 0 aliphatic heterocycles. The van der Waals surface area contributed by atoms with E-state index in [1.165, 1.54) is 54.2 Å². The van der Waals surface area contributed by atoms with Gasteiger partial charge in [0.2, 0.25) is 0 Å². The summed E-state index contributed by atoms with van der Waals surface area (Å²) in [6.45, 7) is 0. The lowest BCUT2D eigenvalue weighted by atomic mass is 9.88. The molecule has 0 aliphatic rings. The average Bonchev–Trinajstić information content (AvgIpc) is 3.53. The lowest BCUT2D eigenvalue weighted by Gasteiger charge is -2.26. The van der Waals surface area contributed by atoms with E-state index >= 15 is 0 Å². The Kier molecular flexibility index (Phi) is 5.31. The maximum absolute atomic E-state index is 6.72. The maximum atomic E-state index is 6.72. The maximum Gasteiger partial charge on any atom is 0.143 e. The van der Waals surface area contributed by atoms with Crippen molar-refractivity contribution >= 4 is 71.3 Å². The van der Waals surface area contributed by atoms with Crippen LogP contribution in [0.4, 0.5) is 17.1 Å².